The average molecular weight is 301 g/mol. The minimum absolute atomic E-state index is 0.149. The monoisotopic (exact) mass is 300 g/mol. The van der Waals surface area contributed by atoms with E-state index in [0.717, 1.165) is 23.1 Å². The van der Waals surface area contributed by atoms with Gasteiger partial charge in [0.1, 0.15) is 0 Å². The standard InChI is InChI=1S/C12H17BrN2O2/c1-3-4-5-6-14-11-7-9(2)12(15(16)17)8-10(11)13/h7-8,14H,3-6H2,1-2H3. The van der Waals surface area contributed by atoms with E-state index in [1.54, 1.807) is 13.0 Å². The molecule has 0 bridgehead atoms. The molecule has 0 aromatic heterocycles. The summed E-state index contributed by atoms with van der Waals surface area (Å²) in [7, 11) is 0. The Morgan fingerprint density at radius 3 is 2.71 bits per heavy atom. The molecule has 0 unspecified atom stereocenters. The number of nitro benzene ring substituents is 1. The Balaban J connectivity index is 2.74. The highest BCUT2D eigenvalue weighted by molar-refractivity contribution is 9.10. The Hall–Kier alpha value is -1.10. The molecular formula is C12H17BrN2O2. The van der Waals surface area contributed by atoms with Gasteiger partial charge in [-0.1, -0.05) is 19.8 Å². The minimum atomic E-state index is -0.360. The van der Waals surface area contributed by atoms with Crippen molar-refractivity contribution in [3.05, 3.63) is 32.3 Å². The van der Waals surface area contributed by atoms with Crippen LogP contribution in [-0.2, 0) is 0 Å². The largest absolute Gasteiger partial charge is 0.384 e. The highest BCUT2D eigenvalue weighted by Crippen LogP contribution is 2.30. The van der Waals surface area contributed by atoms with E-state index in [2.05, 4.69) is 28.2 Å². The van der Waals surface area contributed by atoms with Crippen molar-refractivity contribution in [3.63, 3.8) is 0 Å². The molecule has 4 nitrogen and oxygen atoms in total. The van der Waals surface area contributed by atoms with Crippen molar-refractivity contribution < 1.29 is 4.92 Å². The highest BCUT2D eigenvalue weighted by Gasteiger charge is 2.13. The molecule has 17 heavy (non-hydrogen) atoms. The number of nitrogens with one attached hydrogen (secondary N) is 1. The first-order valence-electron chi connectivity index (χ1n) is 5.74. The first-order chi connectivity index (χ1) is 8.06. The fourth-order valence-corrected chi connectivity index (χ4v) is 2.07. The molecule has 0 radical (unpaired) electrons. The van der Waals surface area contributed by atoms with Crippen LogP contribution < -0.4 is 5.32 Å². The maximum atomic E-state index is 10.7. The van der Waals surface area contributed by atoms with Gasteiger partial charge in [-0.15, -0.1) is 0 Å². The van der Waals surface area contributed by atoms with Crippen LogP contribution in [0.1, 0.15) is 31.7 Å². The van der Waals surface area contributed by atoms with Gasteiger partial charge in [-0.25, -0.2) is 0 Å². The van der Waals surface area contributed by atoms with Gasteiger partial charge >= 0.3 is 0 Å². The molecule has 1 aromatic carbocycles. The van der Waals surface area contributed by atoms with Crippen LogP contribution >= 0.6 is 15.9 Å². The highest BCUT2D eigenvalue weighted by atomic mass is 79.9. The van der Waals surface area contributed by atoms with E-state index in [1.165, 1.54) is 12.8 Å². The molecule has 0 fully saturated rings. The van der Waals surface area contributed by atoms with Crippen LogP contribution in [0.15, 0.2) is 16.6 Å². The molecule has 0 aliphatic carbocycles. The van der Waals surface area contributed by atoms with Crippen molar-refractivity contribution >= 4 is 27.3 Å². The lowest BCUT2D eigenvalue weighted by Gasteiger charge is -2.09. The number of rotatable bonds is 6. The Bertz CT molecular complexity index is 408. The van der Waals surface area contributed by atoms with Crippen LogP contribution in [0.4, 0.5) is 11.4 Å². The smallest absolute Gasteiger partial charge is 0.273 e. The minimum Gasteiger partial charge on any atom is -0.384 e. The lowest BCUT2D eigenvalue weighted by molar-refractivity contribution is -0.385. The van der Waals surface area contributed by atoms with Gasteiger partial charge in [-0.2, -0.15) is 0 Å². The van der Waals surface area contributed by atoms with Crippen LogP contribution in [0.5, 0.6) is 0 Å². The number of unbranched alkanes of at least 4 members (excludes halogenated alkanes) is 2. The molecule has 1 N–H and O–H groups in total. The zero-order chi connectivity index (χ0) is 12.8. The van der Waals surface area contributed by atoms with E-state index in [-0.39, 0.29) is 10.6 Å². The molecule has 0 amide bonds. The van der Waals surface area contributed by atoms with Gasteiger partial charge in [0, 0.05) is 28.3 Å². The van der Waals surface area contributed by atoms with E-state index in [9.17, 15) is 10.1 Å². The van der Waals surface area contributed by atoms with Gasteiger partial charge in [-0.05, 0) is 35.3 Å². The summed E-state index contributed by atoms with van der Waals surface area (Å²) in [5, 5.41) is 14.0. The normalized spacial score (nSPS) is 10.3. The Kier molecular flexibility index (Phi) is 5.41. The summed E-state index contributed by atoms with van der Waals surface area (Å²) in [5.41, 5.74) is 1.75. The molecular weight excluding hydrogens is 284 g/mol. The van der Waals surface area contributed by atoms with E-state index >= 15 is 0 Å². The van der Waals surface area contributed by atoms with Crippen LogP contribution in [-0.4, -0.2) is 11.5 Å². The maximum Gasteiger partial charge on any atom is 0.273 e. The number of hydrogen-bond donors (Lipinski definition) is 1. The summed E-state index contributed by atoms with van der Waals surface area (Å²) in [6.07, 6.45) is 3.48. The number of nitrogens with zero attached hydrogens (tertiary/aromatic N) is 1. The zero-order valence-electron chi connectivity index (χ0n) is 10.1. The Labute approximate surface area is 110 Å². The first-order valence-corrected chi connectivity index (χ1v) is 6.54. The third-order valence-corrected chi connectivity index (χ3v) is 3.23. The number of anilines is 1. The topological polar surface area (TPSA) is 55.2 Å². The maximum absolute atomic E-state index is 10.7. The summed E-state index contributed by atoms with van der Waals surface area (Å²) in [5.74, 6) is 0. The van der Waals surface area contributed by atoms with Crippen molar-refractivity contribution in [2.45, 2.75) is 33.1 Å². The summed E-state index contributed by atoms with van der Waals surface area (Å²) < 4.78 is 0.742. The van der Waals surface area contributed by atoms with Gasteiger partial charge in [0.05, 0.1) is 4.92 Å². The van der Waals surface area contributed by atoms with Crippen LogP contribution in [0, 0.1) is 17.0 Å². The summed E-state index contributed by atoms with van der Waals surface area (Å²) in [4.78, 5) is 10.4. The van der Waals surface area contributed by atoms with E-state index in [4.69, 9.17) is 0 Å². The molecule has 94 valence electrons. The summed E-state index contributed by atoms with van der Waals surface area (Å²) in [6, 6.07) is 3.37. The molecule has 0 spiro atoms. The number of halogens is 1. The summed E-state index contributed by atoms with van der Waals surface area (Å²) >= 11 is 3.35. The number of nitro groups is 1. The van der Waals surface area contributed by atoms with Gasteiger partial charge in [0.15, 0.2) is 0 Å². The molecule has 0 saturated heterocycles. The SMILES string of the molecule is CCCCCNc1cc(C)c([N+](=O)[O-])cc1Br. The van der Waals surface area contributed by atoms with Crippen molar-refractivity contribution in [1.82, 2.24) is 0 Å². The average Bonchev–Trinajstić information content (AvgIpc) is 2.28. The Morgan fingerprint density at radius 2 is 2.12 bits per heavy atom. The molecule has 1 rings (SSSR count). The van der Waals surface area contributed by atoms with Crippen molar-refractivity contribution in [2.24, 2.45) is 0 Å². The second kappa shape index (κ2) is 6.59. The van der Waals surface area contributed by atoms with E-state index in [0.29, 0.717) is 5.56 Å². The predicted octanol–water partition coefficient (Wildman–Crippen LogP) is 4.27. The van der Waals surface area contributed by atoms with E-state index < -0.39 is 0 Å². The summed E-state index contributed by atoms with van der Waals surface area (Å²) in [6.45, 7) is 4.80. The van der Waals surface area contributed by atoms with Gasteiger partial charge in [0.2, 0.25) is 0 Å². The Morgan fingerprint density at radius 1 is 1.41 bits per heavy atom. The molecule has 0 aliphatic heterocycles. The first kappa shape index (κ1) is 14.0. The quantitative estimate of drug-likeness (QED) is 0.485. The molecule has 0 aliphatic rings. The van der Waals surface area contributed by atoms with Crippen molar-refractivity contribution in [3.8, 4) is 0 Å². The fourth-order valence-electron chi connectivity index (χ4n) is 1.60. The second-order valence-corrected chi connectivity index (χ2v) is 4.86. The number of benzene rings is 1. The third-order valence-electron chi connectivity index (χ3n) is 2.58. The third kappa shape index (κ3) is 4.00. The van der Waals surface area contributed by atoms with Crippen molar-refractivity contribution in [2.75, 3.05) is 11.9 Å². The van der Waals surface area contributed by atoms with E-state index in [1.807, 2.05) is 6.07 Å². The van der Waals surface area contributed by atoms with Gasteiger partial charge < -0.3 is 5.32 Å². The number of aryl methyl sites for hydroxylation is 1. The number of hydrogen-bond acceptors (Lipinski definition) is 3. The lowest BCUT2D eigenvalue weighted by atomic mass is 10.1. The van der Waals surface area contributed by atoms with Crippen LogP contribution in [0.3, 0.4) is 0 Å². The zero-order valence-corrected chi connectivity index (χ0v) is 11.7. The second-order valence-electron chi connectivity index (χ2n) is 4.01. The molecule has 0 saturated carbocycles. The molecule has 5 heteroatoms. The van der Waals surface area contributed by atoms with Crippen LogP contribution in [0.25, 0.3) is 0 Å². The molecule has 0 atom stereocenters. The molecule has 0 heterocycles. The van der Waals surface area contributed by atoms with Gasteiger partial charge in [-0.3, -0.25) is 10.1 Å². The molecule has 1 aromatic rings. The van der Waals surface area contributed by atoms with Crippen LogP contribution in [0.2, 0.25) is 0 Å². The van der Waals surface area contributed by atoms with Gasteiger partial charge in [0.25, 0.3) is 5.69 Å². The van der Waals surface area contributed by atoms with Crippen molar-refractivity contribution in [1.29, 1.82) is 0 Å². The predicted molar refractivity (Wildman–Crippen MR) is 73.5 cm³/mol. The fraction of sp³-hybridized carbons (Fsp3) is 0.500. The lowest BCUT2D eigenvalue weighted by Crippen LogP contribution is -2.03.